The Morgan fingerprint density at radius 3 is 2.50 bits per heavy atom. The maximum atomic E-state index is 10.8. The van der Waals surface area contributed by atoms with Gasteiger partial charge in [-0.15, -0.1) is 0 Å². The van der Waals surface area contributed by atoms with E-state index in [1.54, 1.807) is 12.4 Å². The quantitative estimate of drug-likeness (QED) is 0.766. The lowest BCUT2D eigenvalue weighted by atomic mass is 9.89. The second-order valence-corrected chi connectivity index (χ2v) is 6.35. The summed E-state index contributed by atoms with van der Waals surface area (Å²) >= 11 is 0. The summed E-state index contributed by atoms with van der Waals surface area (Å²) < 4.78 is 11.7. The summed E-state index contributed by atoms with van der Waals surface area (Å²) in [6.07, 6.45) is 3.56. The number of hydrogen-bond donors (Lipinski definition) is 1. The molecule has 1 N–H and O–H groups in total. The molecular formula is C21H20N2O3. The maximum Gasteiger partial charge on any atom is 0.130 e. The van der Waals surface area contributed by atoms with Gasteiger partial charge in [0.15, 0.2) is 0 Å². The van der Waals surface area contributed by atoms with E-state index in [2.05, 4.69) is 9.97 Å². The zero-order chi connectivity index (χ0) is 17.8. The largest absolute Gasteiger partial charge is 0.493 e. The molecule has 0 fully saturated rings. The van der Waals surface area contributed by atoms with E-state index in [0.29, 0.717) is 31.1 Å². The van der Waals surface area contributed by atoms with Crippen LogP contribution in [-0.4, -0.2) is 21.7 Å². The molecule has 2 atom stereocenters. The second-order valence-electron chi connectivity index (χ2n) is 6.35. The van der Waals surface area contributed by atoms with Crippen molar-refractivity contribution in [1.29, 1.82) is 0 Å². The lowest BCUT2D eigenvalue weighted by Gasteiger charge is -2.30. The molecule has 0 amide bonds. The summed E-state index contributed by atoms with van der Waals surface area (Å²) in [5, 5.41) is 10.8. The standard InChI is InChI=1S/C21H20N2O3/c24-21-15(11-16-5-1-3-9-22-16)13-26-20-8-7-18(12-19(20)21)25-14-17-6-2-4-10-23-17/h1-10,12,15,21,24H,11,13-14H2/t15-,21+/m1/s1. The van der Waals surface area contributed by atoms with Crippen LogP contribution in [0.25, 0.3) is 0 Å². The Morgan fingerprint density at radius 1 is 1.00 bits per heavy atom. The average molecular weight is 348 g/mol. The number of rotatable bonds is 5. The van der Waals surface area contributed by atoms with Gasteiger partial charge in [-0.1, -0.05) is 12.1 Å². The van der Waals surface area contributed by atoms with Crippen LogP contribution in [0.1, 0.15) is 23.1 Å². The first-order valence-corrected chi connectivity index (χ1v) is 8.67. The van der Waals surface area contributed by atoms with E-state index >= 15 is 0 Å². The smallest absolute Gasteiger partial charge is 0.130 e. The first-order chi connectivity index (χ1) is 12.8. The normalized spacial score (nSPS) is 18.7. The monoisotopic (exact) mass is 348 g/mol. The van der Waals surface area contributed by atoms with Crippen molar-refractivity contribution in [2.24, 2.45) is 5.92 Å². The minimum atomic E-state index is -0.612. The summed E-state index contributed by atoms with van der Waals surface area (Å²) in [6.45, 7) is 0.854. The highest BCUT2D eigenvalue weighted by atomic mass is 16.5. The van der Waals surface area contributed by atoms with Gasteiger partial charge < -0.3 is 14.6 Å². The van der Waals surface area contributed by atoms with Crippen LogP contribution in [-0.2, 0) is 13.0 Å². The zero-order valence-electron chi connectivity index (χ0n) is 14.3. The predicted molar refractivity (Wildman–Crippen MR) is 96.9 cm³/mol. The number of aromatic nitrogens is 2. The number of nitrogens with zero attached hydrogens (tertiary/aromatic N) is 2. The van der Waals surface area contributed by atoms with Crippen molar-refractivity contribution in [3.05, 3.63) is 83.9 Å². The molecule has 5 nitrogen and oxygen atoms in total. The minimum absolute atomic E-state index is 0.0385. The van der Waals surface area contributed by atoms with Crippen LogP contribution in [0.3, 0.4) is 0 Å². The highest BCUT2D eigenvalue weighted by Gasteiger charge is 2.30. The van der Waals surface area contributed by atoms with E-state index in [0.717, 1.165) is 17.0 Å². The van der Waals surface area contributed by atoms with Gasteiger partial charge in [-0.25, -0.2) is 0 Å². The van der Waals surface area contributed by atoms with Crippen LogP contribution >= 0.6 is 0 Å². The number of hydrogen-bond acceptors (Lipinski definition) is 5. The predicted octanol–water partition coefficient (Wildman–Crippen LogP) is 3.34. The lowest BCUT2D eigenvalue weighted by molar-refractivity contribution is 0.0499. The van der Waals surface area contributed by atoms with Gasteiger partial charge in [-0.2, -0.15) is 0 Å². The highest BCUT2D eigenvalue weighted by molar-refractivity contribution is 5.43. The number of benzene rings is 1. The molecule has 3 aromatic rings. The Morgan fingerprint density at radius 2 is 1.77 bits per heavy atom. The molecule has 5 heteroatoms. The Bertz CT molecular complexity index is 856. The van der Waals surface area contributed by atoms with E-state index in [1.807, 2.05) is 54.6 Å². The SMILES string of the molecule is O[C@@H]1c2cc(OCc3ccccn3)ccc2OC[C@H]1Cc1ccccn1. The fourth-order valence-electron chi connectivity index (χ4n) is 3.12. The van der Waals surface area contributed by atoms with Gasteiger partial charge in [0.1, 0.15) is 18.1 Å². The number of pyridine rings is 2. The van der Waals surface area contributed by atoms with Crippen molar-refractivity contribution in [2.45, 2.75) is 19.1 Å². The van der Waals surface area contributed by atoms with Gasteiger partial charge >= 0.3 is 0 Å². The molecule has 0 bridgehead atoms. The minimum Gasteiger partial charge on any atom is -0.493 e. The van der Waals surface area contributed by atoms with Crippen LogP contribution in [0.2, 0.25) is 0 Å². The number of fused-ring (bicyclic) bond motifs is 1. The first-order valence-electron chi connectivity index (χ1n) is 8.67. The van der Waals surface area contributed by atoms with Crippen molar-refractivity contribution < 1.29 is 14.6 Å². The summed E-state index contributed by atoms with van der Waals surface area (Å²) in [4.78, 5) is 8.59. The Labute approximate surface area is 152 Å². The van der Waals surface area contributed by atoms with Gasteiger partial charge in [-0.3, -0.25) is 9.97 Å². The van der Waals surface area contributed by atoms with Crippen molar-refractivity contribution in [1.82, 2.24) is 9.97 Å². The fourth-order valence-corrected chi connectivity index (χ4v) is 3.12. The molecule has 0 saturated carbocycles. The average Bonchev–Trinajstić information content (AvgIpc) is 2.70. The fraction of sp³-hybridized carbons (Fsp3) is 0.238. The summed E-state index contributed by atoms with van der Waals surface area (Å²) in [5.41, 5.74) is 2.57. The molecular weight excluding hydrogens is 328 g/mol. The first kappa shape index (κ1) is 16.5. The maximum absolute atomic E-state index is 10.8. The third kappa shape index (κ3) is 3.68. The van der Waals surface area contributed by atoms with Crippen molar-refractivity contribution in [3.8, 4) is 11.5 Å². The third-order valence-electron chi connectivity index (χ3n) is 4.51. The van der Waals surface area contributed by atoms with E-state index in [4.69, 9.17) is 9.47 Å². The van der Waals surface area contributed by atoms with E-state index in [9.17, 15) is 5.11 Å². The van der Waals surface area contributed by atoms with Gasteiger partial charge in [0, 0.05) is 29.6 Å². The Hall–Kier alpha value is -2.92. The van der Waals surface area contributed by atoms with Crippen LogP contribution < -0.4 is 9.47 Å². The molecule has 0 radical (unpaired) electrons. The van der Waals surface area contributed by atoms with Crippen molar-refractivity contribution in [3.63, 3.8) is 0 Å². The van der Waals surface area contributed by atoms with Gasteiger partial charge in [-0.05, 0) is 48.9 Å². The van der Waals surface area contributed by atoms with Crippen molar-refractivity contribution in [2.75, 3.05) is 6.61 Å². The molecule has 0 saturated heterocycles. The van der Waals surface area contributed by atoms with E-state index in [1.165, 1.54) is 0 Å². The topological polar surface area (TPSA) is 64.5 Å². The lowest BCUT2D eigenvalue weighted by Crippen LogP contribution is -2.28. The third-order valence-corrected chi connectivity index (χ3v) is 4.51. The molecule has 132 valence electrons. The zero-order valence-corrected chi connectivity index (χ0v) is 14.3. The Kier molecular flexibility index (Phi) is 4.80. The molecule has 1 aliphatic rings. The van der Waals surface area contributed by atoms with Crippen LogP contribution in [0, 0.1) is 5.92 Å². The molecule has 26 heavy (non-hydrogen) atoms. The summed E-state index contributed by atoms with van der Waals surface area (Å²) in [5.74, 6) is 1.36. The molecule has 0 spiro atoms. The van der Waals surface area contributed by atoms with Gasteiger partial charge in [0.25, 0.3) is 0 Å². The van der Waals surface area contributed by atoms with Gasteiger partial charge in [0.05, 0.1) is 18.4 Å². The van der Waals surface area contributed by atoms with Crippen LogP contribution in [0.15, 0.2) is 67.0 Å². The Balaban J connectivity index is 1.48. The molecule has 0 aliphatic carbocycles. The van der Waals surface area contributed by atoms with E-state index < -0.39 is 6.10 Å². The second kappa shape index (κ2) is 7.54. The van der Waals surface area contributed by atoms with Gasteiger partial charge in [0.2, 0.25) is 0 Å². The number of ether oxygens (including phenoxy) is 2. The summed E-state index contributed by atoms with van der Waals surface area (Å²) in [7, 11) is 0. The molecule has 3 heterocycles. The van der Waals surface area contributed by atoms with Crippen LogP contribution in [0.5, 0.6) is 11.5 Å². The molecule has 4 rings (SSSR count). The summed E-state index contributed by atoms with van der Waals surface area (Å²) in [6, 6.07) is 17.1. The number of aliphatic hydroxyl groups is 1. The van der Waals surface area contributed by atoms with E-state index in [-0.39, 0.29) is 5.92 Å². The molecule has 0 unspecified atom stereocenters. The molecule has 1 aliphatic heterocycles. The highest BCUT2D eigenvalue weighted by Crippen LogP contribution is 2.38. The van der Waals surface area contributed by atoms with Crippen molar-refractivity contribution >= 4 is 0 Å². The number of aliphatic hydroxyl groups excluding tert-OH is 1. The molecule has 2 aromatic heterocycles. The molecule has 1 aromatic carbocycles. The van der Waals surface area contributed by atoms with Crippen LogP contribution in [0.4, 0.5) is 0 Å².